The van der Waals surface area contributed by atoms with E-state index in [1.165, 1.54) is 6.92 Å². The molecule has 4 heteroatoms. The van der Waals surface area contributed by atoms with Crippen LogP contribution < -0.4 is 4.90 Å². The third kappa shape index (κ3) is 2.14. The van der Waals surface area contributed by atoms with Crippen LogP contribution in [-0.4, -0.2) is 23.7 Å². The van der Waals surface area contributed by atoms with Gasteiger partial charge in [-0.3, -0.25) is 9.59 Å². The number of anilines is 1. The molecule has 2 rings (SSSR count). The van der Waals surface area contributed by atoms with Crippen molar-refractivity contribution in [3.8, 4) is 0 Å². The number of aromatic nitrogens is 1. The predicted molar refractivity (Wildman–Crippen MR) is 71.7 cm³/mol. The first-order chi connectivity index (χ1) is 8.50. The largest absolute Gasteiger partial charge is 0.357 e. The molecule has 0 radical (unpaired) electrons. The summed E-state index contributed by atoms with van der Waals surface area (Å²) >= 11 is 0. The van der Waals surface area contributed by atoms with E-state index >= 15 is 0 Å². The van der Waals surface area contributed by atoms with Crippen molar-refractivity contribution in [2.45, 2.75) is 20.3 Å². The van der Waals surface area contributed by atoms with Crippen molar-refractivity contribution >= 4 is 28.3 Å². The molecule has 0 aliphatic heterocycles. The minimum atomic E-state index is -0.185. The number of amides is 1. The highest BCUT2D eigenvalue weighted by Gasteiger charge is 2.18. The van der Waals surface area contributed by atoms with E-state index in [1.54, 1.807) is 11.9 Å². The standard InChI is InChI=1S/C14H16N2O2/c1-9(17)8-13(18)16(3)14-10(2)15-12-7-5-4-6-11(12)14/h4-7,15H,8H2,1-3H3. The summed E-state index contributed by atoms with van der Waals surface area (Å²) in [6.07, 6.45) is -0.0601. The lowest BCUT2D eigenvalue weighted by Gasteiger charge is -2.17. The van der Waals surface area contributed by atoms with Crippen molar-refractivity contribution < 1.29 is 9.59 Å². The van der Waals surface area contributed by atoms with Gasteiger partial charge in [0.05, 0.1) is 12.1 Å². The van der Waals surface area contributed by atoms with Crippen LogP contribution in [-0.2, 0) is 9.59 Å². The summed E-state index contributed by atoms with van der Waals surface area (Å²) in [4.78, 5) is 27.7. The number of Topliss-reactive ketones (excluding diaryl/α,β-unsaturated/α-hetero) is 1. The molecule has 1 aromatic carbocycles. The Kier molecular flexibility index (Phi) is 3.19. The Morgan fingerprint density at radius 1 is 1.28 bits per heavy atom. The normalized spacial score (nSPS) is 10.6. The number of ketones is 1. The highest BCUT2D eigenvalue weighted by Crippen LogP contribution is 2.30. The summed E-state index contributed by atoms with van der Waals surface area (Å²) in [7, 11) is 1.70. The Labute approximate surface area is 106 Å². The van der Waals surface area contributed by atoms with Gasteiger partial charge >= 0.3 is 0 Å². The number of carbonyl (C=O) groups is 2. The lowest BCUT2D eigenvalue weighted by molar-refractivity contribution is -0.125. The van der Waals surface area contributed by atoms with Gasteiger partial charge in [-0.25, -0.2) is 0 Å². The molecular weight excluding hydrogens is 228 g/mol. The van der Waals surface area contributed by atoms with Crippen molar-refractivity contribution in [3.05, 3.63) is 30.0 Å². The van der Waals surface area contributed by atoms with Crippen LogP contribution in [0.2, 0.25) is 0 Å². The maximum Gasteiger partial charge on any atom is 0.234 e. The zero-order chi connectivity index (χ0) is 13.3. The van der Waals surface area contributed by atoms with Crippen LogP contribution in [0, 0.1) is 6.92 Å². The number of aryl methyl sites for hydroxylation is 1. The molecule has 0 atom stereocenters. The zero-order valence-corrected chi connectivity index (χ0v) is 10.8. The van der Waals surface area contributed by atoms with Crippen LogP contribution in [0.15, 0.2) is 24.3 Å². The van der Waals surface area contributed by atoms with Crippen LogP contribution in [0.5, 0.6) is 0 Å². The SMILES string of the molecule is CC(=O)CC(=O)N(C)c1c(C)[nH]c2ccccc12. The van der Waals surface area contributed by atoms with E-state index in [0.717, 1.165) is 22.3 Å². The van der Waals surface area contributed by atoms with E-state index in [4.69, 9.17) is 0 Å². The summed E-state index contributed by atoms with van der Waals surface area (Å²) in [5.41, 5.74) is 2.76. The third-order valence-electron chi connectivity index (χ3n) is 2.97. The first-order valence-electron chi connectivity index (χ1n) is 5.84. The molecule has 1 heterocycles. The van der Waals surface area contributed by atoms with E-state index in [2.05, 4.69) is 4.98 Å². The van der Waals surface area contributed by atoms with Crippen molar-refractivity contribution in [2.75, 3.05) is 11.9 Å². The third-order valence-corrected chi connectivity index (χ3v) is 2.97. The maximum atomic E-state index is 11.9. The highest BCUT2D eigenvalue weighted by molar-refractivity contribution is 6.09. The van der Waals surface area contributed by atoms with Gasteiger partial charge in [-0.05, 0) is 19.9 Å². The minimum Gasteiger partial charge on any atom is -0.357 e. The molecule has 2 aromatic rings. The number of carbonyl (C=O) groups excluding carboxylic acids is 2. The van der Waals surface area contributed by atoms with E-state index in [-0.39, 0.29) is 18.1 Å². The maximum absolute atomic E-state index is 11.9. The summed E-state index contributed by atoms with van der Waals surface area (Å²) in [5, 5.41) is 0.995. The quantitative estimate of drug-likeness (QED) is 0.843. The lowest BCUT2D eigenvalue weighted by Crippen LogP contribution is -2.28. The second-order valence-electron chi connectivity index (χ2n) is 4.48. The van der Waals surface area contributed by atoms with E-state index in [1.807, 2.05) is 31.2 Å². The van der Waals surface area contributed by atoms with Crippen LogP contribution in [0.3, 0.4) is 0 Å². The fraction of sp³-hybridized carbons (Fsp3) is 0.286. The van der Waals surface area contributed by atoms with Crippen molar-refractivity contribution in [1.29, 1.82) is 0 Å². The molecule has 0 saturated heterocycles. The molecule has 0 spiro atoms. The number of rotatable bonds is 3. The van der Waals surface area contributed by atoms with E-state index < -0.39 is 0 Å². The van der Waals surface area contributed by atoms with Crippen LogP contribution in [0.1, 0.15) is 19.0 Å². The molecule has 18 heavy (non-hydrogen) atoms. The number of H-pyrrole nitrogens is 1. The summed E-state index contributed by atoms with van der Waals surface area (Å²) in [6, 6.07) is 7.81. The number of nitrogens with one attached hydrogen (secondary N) is 1. The number of hydrogen-bond donors (Lipinski definition) is 1. The first-order valence-corrected chi connectivity index (χ1v) is 5.84. The number of aromatic amines is 1. The van der Waals surface area contributed by atoms with Gasteiger partial charge in [-0.15, -0.1) is 0 Å². The topological polar surface area (TPSA) is 53.2 Å². The van der Waals surface area contributed by atoms with Crippen LogP contribution >= 0.6 is 0 Å². The molecular formula is C14H16N2O2. The molecule has 0 aliphatic carbocycles. The van der Waals surface area contributed by atoms with Crippen molar-refractivity contribution in [2.24, 2.45) is 0 Å². The van der Waals surface area contributed by atoms with Gasteiger partial charge in [0.15, 0.2) is 0 Å². The molecule has 1 aromatic heterocycles. The predicted octanol–water partition coefficient (Wildman–Crippen LogP) is 2.42. The van der Waals surface area contributed by atoms with Crippen LogP contribution in [0.25, 0.3) is 10.9 Å². The van der Waals surface area contributed by atoms with Gasteiger partial charge in [0.25, 0.3) is 0 Å². The summed E-state index contributed by atoms with van der Waals surface area (Å²) in [5.74, 6) is -0.306. The fourth-order valence-electron chi connectivity index (χ4n) is 2.15. The van der Waals surface area contributed by atoms with Crippen molar-refractivity contribution in [1.82, 2.24) is 4.98 Å². The number of nitrogens with zero attached hydrogens (tertiary/aromatic N) is 1. The molecule has 0 unspecified atom stereocenters. The van der Waals surface area contributed by atoms with Crippen molar-refractivity contribution in [3.63, 3.8) is 0 Å². The molecule has 4 nitrogen and oxygen atoms in total. The summed E-state index contributed by atoms with van der Waals surface area (Å²) in [6.45, 7) is 3.35. The Balaban J connectivity index is 2.44. The Morgan fingerprint density at radius 2 is 1.94 bits per heavy atom. The summed E-state index contributed by atoms with van der Waals surface area (Å²) < 4.78 is 0. The van der Waals surface area contributed by atoms with Gasteiger partial charge in [0.1, 0.15) is 5.78 Å². The number of para-hydroxylation sites is 1. The van der Waals surface area contributed by atoms with Gasteiger partial charge in [0.2, 0.25) is 5.91 Å². The minimum absolute atomic E-state index is 0.0601. The molecule has 1 amide bonds. The Morgan fingerprint density at radius 3 is 2.61 bits per heavy atom. The second-order valence-corrected chi connectivity index (χ2v) is 4.48. The van der Waals surface area contributed by atoms with Crippen LogP contribution in [0.4, 0.5) is 5.69 Å². The zero-order valence-electron chi connectivity index (χ0n) is 10.8. The molecule has 0 bridgehead atoms. The number of hydrogen-bond acceptors (Lipinski definition) is 2. The van der Waals surface area contributed by atoms with E-state index in [9.17, 15) is 9.59 Å². The number of benzene rings is 1. The molecule has 94 valence electrons. The fourth-order valence-corrected chi connectivity index (χ4v) is 2.15. The lowest BCUT2D eigenvalue weighted by atomic mass is 10.2. The molecule has 0 saturated carbocycles. The van der Waals surface area contributed by atoms with E-state index in [0.29, 0.717) is 0 Å². The molecule has 1 N–H and O–H groups in total. The average Bonchev–Trinajstić information content (AvgIpc) is 2.63. The Bertz CT molecular complexity index is 613. The smallest absolute Gasteiger partial charge is 0.234 e. The molecule has 0 aliphatic rings. The highest BCUT2D eigenvalue weighted by atomic mass is 16.2. The van der Waals surface area contributed by atoms with Gasteiger partial charge < -0.3 is 9.88 Å². The monoisotopic (exact) mass is 244 g/mol. The van der Waals surface area contributed by atoms with Gasteiger partial charge in [-0.1, -0.05) is 18.2 Å². The first kappa shape index (κ1) is 12.4. The van der Waals surface area contributed by atoms with Gasteiger partial charge in [-0.2, -0.15) is 0 Å². The molecule has 0 fully saturated rings. The average molecular weight is 244 g/mol. The second kappa shape index (κ2) is 4.64. The van der Waals surface area contributed by atoms with Gasteiger partial charge in [0, 0.05) is 23.6 Å². The Hall–Kier alpha value is -2.10. The number of fused-ring (bicyclic) bond motifs is 1.